The molecule has 0 radical (unpaired) electrons. The van der Waals surface area contributed by atoms with E-state index in [4.69, 9.17) is 11.6 Å². The second kappa shape index (κ2) is 10.8. The molecular formula is C28H28ClN5O3. The number of halogens is 1. The smallest absolute Gasteiger partial charge is 0.338 e. The van der Waals surface area contributed by atoms with Gasteiger partial charge in [0.15, 0.2) is 0 Å². The number of nitrogens with zero attached hydrogens (tertiary/aromatic N) is 4. The fraction of sp³-hybridized carbons (Fsp3) is 0.214. The molecule has 4 aromatic rings. The molecule has 0 atom stereocenters. The maximum atomic E-state index is 13.4. The normalized spacial score (nSPS) is 10.8. The second-order valence-corrected chi connectivity index (χ2v) is 8.91. The molecule has 0 bridgehead atoms. The molecule has 9 heteroatoms. The molecule has 8 nitrogen and oxygen atoms in total. The van der Waals surface area contributed by atoms with Crippen molar-refractivity contribution in [1.29, 1.82) is 0 Å². The van der Waals surface area contributed by atoms with Gasteiger partial charge >= 0.3 is 5.97 Å². The number of anilines is 3. The Morgan fingerprint density at radius 1 is 1.11 bits per heavy atom. The predicted octanol–water partition coefficient (Wildman–Crippen LogP) is 6.11. The number of nitrogens with one attached hydrogen (secondary N) is 1. The first-order chi connectivity index (χ1) is 17.7. The van der Waals surface area contributed by atoms with Crippen LogP contribution in [0.1, 0.15) is 45.7 Å². The molecule has 0 aliphatic carbocycles. The zero-order valence-electron chi connectivity index (χ0n) is 21.1. The minimum absolute atomic E-state index is 0.00562. The maximum Gasteiger partial charge on any atom is 0.338 e. The van der Waals surface area contributed by atoms with Crippen LogP contribution in [0.3, 0.4) is 0 Å². The van der Waals surface area contributed by atoms with Gasteiger partial charge in [0, 0.05) is 36.7 Å². The highest BCUT2D eigenvalue weighted by molar-refractivity contribution is 6.33. The third-order valence-electron chi connectivity index (χ3n) is 6.25. The lowest BCUT2D eigenvalue weighted by Crippen LogP contribution is -2.31. The number of rotatable bonds is 8. The van der Waals surface area contributed by atoms with Gasteiger partial charge in [0.25, 0.3) is 5.91 Å². The van der Waals surface area contributed by atoms with Crippen molar-refractivity contribution < 1.29 is 14.7 Å². The summed E-state index contributed by atoms with van der Waals surface area (Å²) in [5.41, 5.74) is 5.33. The zero-order valence-corrected chi connectivity index (χ0v) is 21.9. The molecule has 0 saturated carbocycles. The van der Waals surface area contributed by atoms with Gasteiger partial charge in [-0.15, -0.1) is 0 Å². The van der Waals surface area contributed by atoms with E-state index in [-0.39, 0.29) is 16.6 Å². The van der Waals surface area contributed by atoms with E-state index in [2.05, 4.69) is 22.2 Å². The summed E-state index contributed by atoms with van der Waals surface area (Å²) in [5.74, 6) is -0.837. The van der Waals surface area contributed by atoms with Crippen molar-refractivity contribution in [2.24, 2.45) is 7.05 Å². The number of carboxylic acid groups (broad SMARTS) is 1. The van der Waals surface area contributed by atoms with Crippen LogP contribution in [0.4, 0.5) is 17.3 Å². The molecule has 4 rings (SSSR count). The summed E-state index contributed by atoms with van der Waals surface area (Å²) in [6.45, 7) is 6.52. The lowest BCUT2D eigenvalue weighted by molar-refractivity contribution is 0.0697. The van der Waals surface area contributed by atoms with Gasteiger partial charge in [-0.2, -0.15) is 0 Å². The van der Waals surface area contributed by atoms with Gasteiger partial charge in [0.05, 0.1) is 17.0 Å². The van der Waals surface area contributed by atoms with Gasteiger partial charge in [0.2, 0.25) is 5.95 Å². The molecule has 0 aliphatic rings. The van der Waals surface area contributed by atoms with Crippen molar-refractivity contribution in [3.8, 4) is 11.4 Å². The summed E-state index contributed by atoms with van der Waals surface area (Å²) >= 11 is 6.17. The Balaban J connectivity index is 1.59. The van der Waals surface area contributed by atoms with Gasteiger partial charge in [-0.1, -0.05) is 36.7 Å². The van der Waals surface area contributed by atoms with Crippen LogP contribution in [0, 0.1) is 6.92 Å². The number of carboxylic acids is 1. The predicted molar refractivity (Wildman–Crippen MR) is 146 cm³/mol. The third kappa shape index (κ3) is 5.20. The highest BCUT2D eigenvalue weighted by Crippen LogP contribution is 2.29. The van der Waals surface area contributed by atoms with Crippen molar-refractivity contribution >= 4 is 40.8 Å². The van der Waals surface area contributed by atoms with E-state index >= 15 is 0 Å². The molecule has 2 aromatic carbocycles. The largest absolute Gasteiger partial charge is 0.478 e. The number of aromatic nitrogens is 3. The fourth-order valence-electron chi connectivity index (χ4n) is 4.25. The van der Waals surface area contributed by atoms with Crippen molar-refractivity contribution in [2.45, 2.75) is 27.2 Å². The van der Waals surface area contributed by atoms with E-state index in [1.807, 2.05) is 50.2 Å². The molecule has 0 fully saturated rings. The quantitative estimate of drug-likeness (QED) is 0.292. The lowest BCUT2D eigenvalue weighted by Gasteiger charge is -2.24. The molecule has 2 N–H and O–H groups in total. The van der Waals surface area contributed by atoms with Crippen molar-refractivity contribution in [3.05, 3.63) is 88.2 Å². The summed E-state index contributed by atoms with van der Waals surface area (Å²) < 4.78 is 1.57. The minimum Gasteiger partial charge on any atom is -0.478 e. The van der Waals surface area contributed by atoms with Crippen LogP contribution in [-0.2, 0) is 13.5 Å². The molecule has 37 heavy (non-hydrogen) atoms. The Morgan fingerprint density at radius 2 is 1.86 bits per heavy atom. The molecule has 2 heterocycles. The fourth-order valence-corrected chi connectivity index (χ4v) is 4.47. The number of carbonyl (C=O) groups is 2. The molecule has 1 amide bonds. The van der Waals surface area contributed by atoms with E-state index in [0.29, 0.717) is 29.4 Å². The monoisotopic (exact) mass is 517 g/mol. The van der Waals surface area contributed by atoms with Gasteiger partial charge in [-0.3, -0.25) is 4.79 Å². The van der Waals surface area contributed by atoms with E-state index in [1.165, 1.54) is 6.07 Å². The van der Waals surface area contributed by atoms with Crippen LogP contribution in [-0.4, -0.2) is 38.1 Å². The molecular weight excluding hydrogens is 490 g/mol. The minimum atomic E-state index is -1.11. The SMILES string of the molecule is CCc1ccccc1N(CC)C(=O)c1ccc(Nc2nccc(-c3cc(C(=O)O)c(Cl)n3C)n2)c(C)c1. The van der Waals surface area contributed by atoms with Crippen molar-refractivity contribution in [3.63, 3.8) is 0 Å². The summed E-state index contributed by atoms with van der Waals surface area (Å²) in [7, 11) is 1.68. The molecule has 0 spiro atoms. The number of para-hydroxylation sites is 1. The summed E-state index contributed by atoms with van der Waals surface area (Å²) in [5, 5.41) is 12.7. The van der Waals surface area contributed by atoms with Crippen LogP contribution in [0.25, 0.3) is 11.4 Å². The third-order valence-corrected chi connectivity index (χ3v) is 6.71. The topological polar surface area (TPSA) is 100 Å². The Morgan fingerprint density at radius 3 is 2.51 bits per heavy atom. The van der Waals surface area contributed by atoms with E-state index in [9.17, 15) is 14.7 Å². The summed E-state index contributed by atoms with van der Waals surface area (Å²) in [6.07, 6.45) is 2.43. The Labute approximate surface area is 220 Å². The zero-order chi connectivity index (χ0) is 26.7. The molecule has 0 unspecified atom stereocenters. The van der Waals surface area contributed by atoms with Crippen LogP contribution in [0.5, 0.6) is 0 Å². The second-order valence-electron chi connectivity index (χ2n) is 8.55. The summed E-state index contributed by atoms with van der Waals surface area (Å²) in [4.78, 5) is 35.5. The first kappa shape index (κ1) is 25.9. The van der Waals surface area contributed by atoms with Gasteiger partial charge in [-0.25, -0.2) is 14.8 Å². The van der Waals surface area contributed by atoms with Crippen LogP contribution >= 0.6 is 11.6 Å². The van der Waals surface area contributed by atoms with Gasteiger partial charge in [-0.05, 0) is 67.8 Å². The highest BCUT2D eigenvalue weighted by Gasteiger charge is 2.20. The number of aromatic carboxylic acids is 1. The summed E-state index contributed by atoms with van der Waals surface area (Å²) in [6, 6.07) is 16.6. The van der Waals surface area contributed by atoms with Crippen molar-refractivity contribution in [2.75, 3.05) is 16.8 Å². The number of aryl methyl sites for hydroxylation is 2. The van der Waals surface area contributed by atoms with Crippen LogP contribution in [0.2, 0.25) is 5.15 Å². The van der Waals surface area contributed by atoms with Gasteiger partial charge in [0.1, 0.15) is 5.15 Å². The first-order valence-corrected chi connectivity index (χ1v) is 12.3. The Hall–Kier alpha value is -4.17. The Kier molecular flexibility index (Phi) is 7.59. The number of benzene rings is 2. The molecule has 0 saturated heterocycles. The average Bonchev–Trinajstić information content (AvgIpc) is 3.20. The van der Waals surface area contributed by atoms with Crippen LogP contribution < -0.4 is 10.2 Å². The van der Waals surface area contributed by atoms with Crippen LogP contribution in [0.15, 0.2) is 60.8 Å². The Bertz CT molecular complexity index is 1480. The highest BCUT2D eigenvalue weighted by atomic mass is 35.5. The maximum absolute atomic E-state index is 13.4. The van der Waals surface area contributed by atoms with E-state index in [1.54, 1.807) is 34.8 Å². The van der Waals surface area contributed by atoms with Crippen molar-refractivity contribution in [1.82, 2.24) is 14.5 Å². The van der Waals surface area contributed by atoms with E-state index < -0.39 is 5.97 Å². The number of carbonyl (C=O) groups excluding carboxylic acids is 1. The molecule has 0 aliphatic heterocycles. The van der Waals surface area contributed by atoms with E-state index in [0.717, 1.165) is 28.9 Å². The molecule has 190 valence electrons. The first-order valence-electron chi connectivity index (χ1n) is 11.9. The number of amides is 1. The number of hydrogen-bond donors (Lipinski definition) is 2. The standard InChI is InChI=1S/C28H28ClN5O3/c1-5-18-9-7-8-10-23(18)34(6-2)26(35)19-11-12-21(17(3)15-19)31-28-30-14-13-22(32-28)24-16-20(27(36)37)25(29)33(24)4/h7-16H,5-6H2,1-4H3,(H,36,37)(H,30,31,32). The lowest BCUT2D eigenvalue weighted by atomic mass is 10.1. The molecule has 2 aromatic heterocycles. The van der Waals surface area contributed by atoms with Gasteiger partial charge < -0.3 is 19.9 Å². The number of hydrogen-bond acceptors (Lipinski definition) is 5. The average molecular weight is 518 g/mol.